The molecular weight excluding hydrogens is 460 g/mol. The molecule has 2 aromatic rings. The molecule has 2 fully saturated rings. The molecule has 0 spiro atoms. The second-order valence-electron chi connectivity index (χ2n) is 10.8. The Hall–Kier alpha value is -1.77. The lowest BCUT2D eigenvalue weighted by molar-refractivity contribution is -0.119. The van der Waals surface area contributed by atoms with E-state index in [0.717, 1.165) is 57.1 Å². The number of hydrogen-bond acceptors (Lipinski definition) is 8. The lowest BCUT2D eigenvalue weighted by Crippen LogP contribution is -2.36. The van der Waals surface area contributed by atoms with Crippen LogP contribution in [0, 0.1) is 18.8 Å². The monoisotopic (exact) mass is 500 g/mol. The fourth-order valence-corrected chi connectivity index (χ4v) is 7.13. The van der Waals surface area contributed by atoms with Crippen molar-refractivity contribution in [2.24, 2.45) is 11.8 Å². The minimum atomic E-state index is 0.291. The molecule has 5 rings (SSSR count). The van der Waals surface area contributed by atoms with Crippen molar-refractivity contribution in [1.29, 1.82) is 0 Å². The number of aryl methyl sites for hydroxylation is 1. The van der Waals surface area contributed by atoms with Gasteiger partial charge in [-0.15, -0.1) is 11.3 Å². The Morgan fingerprint density at radius 3 is 2.63 bits per heavy atom. The lowest BCUT2D eigenvalue weighted by atomic mass is 9.78. The van der Waals surface area contributed by atoms with Crippen molar-refractivity contribution in [1.82, 2.24) is 15.0 Å². The molecule has 7 nitrogen and oxygen atoms in total. The highest BCUT2D eigenvalue weighted by atomic mass is 32.1. The van der Waals surface area contributed by atoms with Crippen LogP contribution in [0.5, 0.6) is 0 Å². The van der Waals surface area contributed by atoms with Crippen LogP contribution in [0.2, 0.25) is 0 Å². The number of hydrogen-bond donors (Lipinski definition) is 0. The number of aromatic nitrogens is 2. The van der Waals surface area contributed by atoms with Crippen molar-refractivity contribution >= 4 is 22.3 Å². The van der Waals surface area contributed by atoms with Gasteiger partial charge in [0.1, 0.15) is 11.5 Å². The van der Waals surface area contributed by atoms with Gasteiger partial charge in [-0.1, -0.05) is 18.0 Å². The smallest absolute Gasteiger partial charge is 0.185 e. The zero-order valence-electron chi connectivity index (χ0n) is 21.3. The third-order valence-electron chi connectivity index (χ3n) is 8.23. The molecule has 0 N–H and O–H groups in total. The third kappa shape index (κ3) is 6.52. The summed E-state index contributed by atoms with van der Waals surface area (Å²) in [5, 5.41) is 5.11. The van der Waals surface area contributed by atoms with Gasteiger partial charge < -0.3 is 14.2 Å². The maximum atomic E-state index is 12.4. The number of Topliss-reactive ketones (excluding diaryl/α,β-unsaturated/α-hetero) is 1. The van der Waals surface area contributed by atoms with Gasteiger partial charge in [-0.05, 0) is 63.8 Å². The Bertz CT molecular complexity index is 973. The number of thiazole rings is 1. The molecule has 0 amide bonds. The van der Waals surface area contributed by atoms with Crippen LogP contribution in [0.4, 0.5) is 5.13 Å². The zero-order valence-corrected chi connectivity index (χ0v) is 22.2. The number of carbonyl (C=O) groups is 1. The van der Waals surface area contributed by atoms with Crippen LogP contribution < -0.4 is 4.90 Å². The number of ether oxygens (including phenoxy) is 1. The van der Waals surface area contributed by atoms with E-state index in [0.29, 0.717) is 36.4 Å². The molecule has 8 heteroatoms. The lowest BCUT2D eigenvalue weighted by Gasteiger charge is -2.31. The largest absolute Gasteiger partial charge is 0.381 e. The first-order valence-corrected chi connectivity index (χ1v) is 14.3. The number of methoxy groups -OCH3 is 1. The van der Waals surface area contributed by atoms with Gasteiger partial charge in [0.25, 0.3) is 0 Å². The quantitative estimate of drug-likeness (QED) is 0.489. The number of piperidine rings is 1. The molecule has 0 aromatic carbocycles. The number of nitrogens with zero attached hydrogens (tertiary/aromatic N) is 4. The van der Waals surface area contributed by atoms with Gasteiger partial charge in [-0.3, -0.25) is 9.69 Å². The summed E-state index contributed by atoms with van der Waals surface area (Å²) in [6.45, 7) is 7.34. The van der Waals surface area contributed by atoms with Crippen LogP contribution in [0.1, 0.15) is 73.4 Å². The molecule has 2 aromatic heterocycles. The van der Waals surface area contributed by atoms with Crippen molar-refractivity contribution in [3.8, 4) is 0 Å². The van der Waals surface area contributed by atoms with Gasteiger partial charge in [0.05, 0.1) is 23.9 Å². The average Bonchev–Trinajstić information content (AvgIpc) is 3.49. The second kappa shape index (κ2) is 11.5. The number of ketones is 1. The molecule has 1 aliphatic carbocycles. The maximum absolute atomic E-state index is 12.4. The van der Waals surface area contributed by atoms with Crippen molar-refractivity contribution in [2.45, 2.75) is 83.8 Å². The molecular formula is C27H40N4O3S. The van der Waals surface area contributed by atoms with Gasteiger partial charge in [-0.2, -0.15) is 0 Å². The fraction of sp³-hybridized carbons (Fsp3) is 0.741. The topological polar surface area (TPSA) is 71.7 Å². The van der Waals surface area contributed by atoms with Crippen LogP contribution in [0.25, 0.3) is 0 Å². The molecule has 0 atom stereocenters. The second-order valence-corrected chi connectivity index (χ2v) is 11.9. The highest BCUT2D eigenvalue weighted by Crippen LogP contribution is 2.35. The van der Waals surface area contributed by atoms with Crippen LogP contribution in [-0.4, -0.2) is 60.2 Å². The van der Waals surface area contributed by atoms with E-state index in [4.69, 9.17) is 14.2 Å². The molecule has 192 valence electrons. The van der Waals surface area contributed by atoms with Crippen molar-refractivity contribution in [2.75, 3.05) is 38.2 Å². The zero-order chi connectivity index (χ0) is 24.2. The van der Waals surface area contributed by atoms with E-state index in [1.165, 1.54) is 54.4 Å². The summed E-state index contributed by atoms with van der Waals surface area (Å²) in [4.78, 5) is 24.0. The summed E-state index contributed by atoms with van der Waals surface area (Å²) in [5.41, 5.74) is 2.16. The van der Waals surface area contributed by atoms with Crippen LogP contribution in [-0.2, 0) is 28.9 Å². The Balaban J connectivity index is 1.02. The first kappa shape index (κ1) is 24.9. The first-order chi connectivity index (χ1) is 17.1. The third-order valence-corrected chi connectivity index (χ3v) is 9.44. The van der Waals surface area contributed by atoms with Gasteiger partial charge in [0.2, 0.25) is 0 Å². The molecule has 1 saturated carbocycles. The fourth-order valence-electron chi connectivity index (χ4n) is 6.03. The summed E-state index contributed by atoms with van der Waals surface area (Å²) in [6, 6.07) is 1.87. The molecule has 4 heterocycles. The summed E-state index contributed by atoms with van der Waals surface area (Å²) in [7, 11) is 1.83. The normalized spacial score (nSPS) is 24.0. The number of carbonyl (C=O) groups excluding carboxylic acids is 1. The number of rotatable bonds is 9. The molecule has 2 aliphatic heterocycles. The molecule has 3 aliphatic rings. The van der Waals surface area contributed by atoms with Crippen LogP contribution in [0.15, 0.2) is 10.6 Å². The Morgan fingerprint density at radius 1 is 1.14 bits per heavy atom. The summed E-state index contributed by atoms with van der Waals surface area (Å²) in [5.74, 6) is 2.34. The molecule has 0 unspecified atom stereocenters. The first-order valence-electron chi connectivity index (χ1n) is 13.5. The maximum Gasteiger partial charge on any atom is 0.185 e. The van der Waals surface area contributed by atoms with E-state index in [1.54, 1.807) is 0 Å². The Morgan fingerprint density at radius 2 is 1.91 bits per heavy atom. The van der Waals surface area contributed by atoms with Crippen molar-refractivity contribution < 1.29 is 14.1 Å². The molecule has 1 saturated heterocycles. The number of anilines is 1. The molecule has 0 bridgehead atoms. The van der Waals surface area contributed by atoms with E-state index in [9.17, 15) is 4.79 Å². The van der Waals surface area contributed by atoms with Crippen LogP contribution >= 0.6 is 11.3 Å². The minimum Gasteiger partial charge on any atom is -0.381 e. The minimum absolute atomic E-state index is 0.291. The standard InChI is InChI=1S/C27H40N4O3S/c1-19-15-24(34-29-19)17-22(32)16-21-5-3-20(4-6-21)7-11-30-12-10-26-25(18-30)28-27(35-26)31-13-8-23(33-2)9-14-31/h15,20-21,23H,3-14,16-18H2,1-2H3. The molecule has 0 radical (unpaired) electrons. The van der Waals surface area contributed by atoms with Crippen molar-refractivity contribution in [3.05, 3.63) is 28.1 Å². The number of fused-ring (bicyclic) bond motifs is 1. The van der Waals surface area contributed by atoms with E-state index in [2.05, 4.69) is 15.0 Å². The highest BCUT2D eigenvalue weighted by Gasteiger charge is 2.27. The molecule has 35 heavy (non-hydrogen) atoms. The van der Waals surface area contributed by atoms with Gasteiger partial charge in [0.15, 0.2) is 5.13 Å². The van der Waals surface area contributed by atoms with Gasteiger partial charge in [0, 0.05) is 50.7 Å². The SMILES string of the molecule is COC1CCN(c2nc3c(s2)CCN(CCC2CCC(CC(=O)Cc4cc(C)no4)CC2)C3)CC1. The summed E-state index contributed by atoms with van der Waals surface area (Å²) >= 11 is 1.92. The van der Waals surface area contributed by atoms with Crippen molar-refractivity contribution in [3.63, 3.8) is 0 Å². The van der Waals surface area contributed by atoms with E-state index < -0.39 is 0 Å². The van der Waals surface area contributed by atoms with Gasteiger partial charge >= 0.3 is 0 Å². The predicted octanol–water partition coefficient (Wildman–Crippen LogP) is 4.81. The Labute approximate surface area is 213 Å². The average molecular weight is 501 g/mol. The van der Waals surface area contributed by atoms with Crippen LogP contribution in [0.3, 0.4) is 0 Å². The predicted molar refractivity (Wildman–Crippen MR) is 138 cm³/mol. The van der Waals surface area contributed by atoms with E-state index >= 15 is 0 Å². The van der Waals surface area contributed by atoms with Gasteiger partial charge in [-0.25, -0.2) is 4.98 Å². The summed E-state index contributed by atoms with van der Waals surface area (Å²) in [6.07, 6.45) is 11.0. The summed E-state index contributed by atoms with van der Waals surface area (Å²) < 4.78 is 10.7. The van der Waals surface area contributed by atoms with E-state index in [1.807, 2.05) is 31.4 Å². The van der Waals surface area contributed by atoms with E-state index in [-0.39, 0.29) is 0 Å². The highest BCUT2D eigenvalue weighted by molar-refractivity contribution is 7.15. The Kier molecular flexibility index (Phi) is 8.20.